The van der Waals surface area contributed by atoms with Crippen molar-refractivity contribution in [2.45, 2.75) is 51.3 Å². The number of halogens is 1. The van der Waals surface area contributed by atoms with E-state index in [2.05, 4.69) is 24.4 Å². The van der Waals surface area contributed by atoms with Crippen molar-refractivity contribution in [1.82, 2.24) is 10.2 Å². The molecule has 0 saturated carbocycles. The van der Waals surface area contributed by atoms with Gasteiger partial charge in [0.1, 0.15) is 6.04 Å². The first-order chi connectivity index (χ1) is 15.0. The Kier molecular flexibility index (Phi) is 11.5. The summed E-state index contributed by atoms with van der Waals surface area (Å²) in [6, 6.07) is 17.3. The molecule has 0 heterocycles. The highest BCUT2D eigenvalue weighted by Crippen LogP contribution is 2.17. The first kappa shape index (κ1) is 25.3. The van der Waals surface area contributed by atoms with Crippen LogP contribution in [-0.2, 0) is 21.8 Å². The van der Waals surface area contributed by atoms with Crippen molar-refractivity contribution in [2.75, 3.05) is 18.8 Å². The standard InChI is InChI=1S/C25H33ClN2O2S/c1-3-5-16-27-25(30)23(4-2)28(17-15-20-9-7-6-8-10-20)24(29)19-31-18-21-11-13-22(26)14-12-21/h6-14,23H,3-5,15-19H2,1-2H3,(H,27,30)/t23-/m0/s1. The number of amides is 2. The highest BCUT2D eigenvalue weighted by Gasteiger charge is 2.27. The fourth-order valence-electron chi connectivity index (χ4n) is 3.32. The average molecular weight is 461 g/mol. The largest absolute Gasteiger partial charge is 0.354 e. The van der Waals surface area contributed by atoms with Gasteiger partial charge in [0.15, 0.2) is 0 Å². The van der Waals surface area contributed by atoms with Crippen molar-refractivity contribution < 1.29 is 9.59 Å². The third kappa shape index (κ3) is 8.96. The molecule has 2 aromatic carbocycles. The molecule has 2 amide bonds. The summed E-state index contributed by atoms with van der Waals surface area (Å²) in [5.41, 5.74) is 2.29. The summed E-state index contributed by atoms with van der Waals surface area (Å²) in [5, 5.41) is 3.71. The Labute approximate surface area is 195 Å². The molecule has 0 unspecified atom stereocenters. The predicted molar refractivity (Wildman–Crippen MR) is 131 cm³/mol. The highest BCUT2D eigenvalue weighted by atomic mass is 35.5. The Bertz CT molecular complexity index is 799. The van der Waals surface area contributed by atoms with Crippen molar-refractivity contribution in [3.8, 4) is 0 Å². The molecule has 2 aromatic rings. The first-order valence-electron chi connectivity index (χ1n) is 11.0. The molecule has 0 saturated heterocycles. The van der Waals surface area contributed by atoms with E-state index in [0.29, 0.717) is 30.3 Å². The molecule has 31 heavy (non-hydrogen) atoms. The third-order valence-corrected chi connectivity index (χ3v) is 6.35. The Morgan fingerprint density at radius 1 is 1.03 bits per heavy atom. The number of carbonyl (C=O) groups excluding carboxylic acids is 2. The van der Waals surface area contributed by atoms with Gasteiger partial charge >= 0.3 is 0 Å². The van der Waals surface area contributed by atoms with Crippen LogP contribution in [0.2, 0.25) is 5.02 Å². The molecule has 0 aliphatic carbocycles. The lowest BCUT2D eigenvalue weighted by Gasteiger charge is -2.30. The number of thioether (sulfide) groups is 1. The summed E-state index contributed by atoms with van der Waals surface area (Å²) in [6.45, 7) is 5.24. The lowest BCUT2D eigenvalue weighted by molar-refractivity contribution is -0.138. The molecule has 1 N–H and O–H groups in total. The van der Waals surface area contributed by atoms with E-state index in [-0.39, 0.29) is 11.8 Å². The van der Waals surface area contributed by atoms with Gasteiger partial charge in [-0.2, -0.15) is 0 Å². The highest BCUT2D eigenvalue weighted by molar-refractivity contribution is 7.99. The summed E-state index contributed by atoms with van der Waals surface area (Å²) in [6.07, 6.45) is 3.29. The molecule has 0 bridgehead atoms. The predicted octanol–water partition coefficient (Wildman–Crippen LogP) is 5.34. The zero-order valence-electron chi connectivity index (χ0n) is 18.5. The minimum Gasteiger partial charge on any atom is -0.354 e. The van der Waals surface area contributed by atoms with Crippen molar-refractivity contribution in [2.24, 2.45) is 0 Å². The zero-order chi connectivity index (χ0) is 22.5. The number of carbonyl (C=O) groups is 2. The summed E-state index contributed by atoms with van der Waals surface area (Å²) in [7, 11) is 0. The van der Waals surface area contributed by atoms with Crippen molar-refractivity contribution in [3.63, 3.8) is 0 Å². The second-order valence-electron chi connectivity index (χ2n) is 7.51. The number of hydrogen-bond donors (Lipinski definition) is 1. The maximum atomic E-state index is 13.1. The van der Waals surface area contributed by atoms with Gasteiger partial charge in [0.2, 0.25) is 11.8 Å². The molecule has 0 spiro atoms. The maximum Gasteiger partial charge on any atom is 0.242 e. The van der Waals surface area contributed by atoms with Gasteiger partial charge in [0.25, 0.3) is 0 Å². The van der Waals surface area contributed by atoms with Crippen LogP contribution in [0.25, 0.3) is 0 Å². The van der Waals surface area contributed by atoms with Crippen LogP contribution in [0.15, 0.2) is 54.6 Å². The molecule has 4 nitrogen and oxygen atoms in total. The molecule has 0 aromatic heterocycles. The van der Waals surface area contributed by atoms with Gasteiger partial charge < -0.3 is 10.2 Å². The second-order valence-corrected chi connectivity index (χ2v) is 8.93. The normalized spacial score (nSPS) is 11.7. The molecular formula is C25H33ClN2O2S. The van der Waals surface area contributed by atoms with E-state index in [1.807, 2.05) is 49.4 Å². The van der Waals surface area contributed by atoms with Crippen molar-refractivity contribution in [1.29, 1.82) is 0 Å². The molecule has 0 radical (unpaired) electrons. The number of nitrogens with one attached hydrogen (secondary N) is 1. The van der Waals surface area contributed by atoms with Gasteiger partial charge in [0, 0.05) is 23.9 Å². The van der Waals surface area contributed by atoms with Crippen LogP contribution >= 0.6 is 23.4 Å². The van der Waals surface area contributed by atoms with Crippen molar-refractivity contribution in [3.05, 3.63) is 70.7 Å². The second kappa shape index (κ2) is 14.2. The van der Waals surface area contributed by atoms with E-state index < -0.39 is 6.04 Å². The minimum atomic E-state index is -0.441. The number of nitrogens with zero attached hydrogens (tertiary/aromatic N) is 1. The quantitative estimate of drug-likeness (QED) is 0.410. The van der Waals surface area contributed by atoms with Crippen LogP contribution < -0.4 is 5.32 Å². The Balaban J connectivity index is 2.02. The maximum absolute atomic E-state index is 13.1. The number of unbranched alkanes of at least 4 members (excludes halogenated alkanes) is 1. The fraction of sp³-hybridized carbons (Fsp3) is 0.440. The van der Waals surface area contributed by atoms with Crippen LogP contribution in [0.4, 0.5) is 0 Å². The van der Waals surface area contributed by atoms with Crippen LogP contribution in [0, 0.1) is 0 Å². The summed E-state index contributed by atoms with van der Waals surface area (Å²) in [5.74, 6) is 1.03. The van der Waals surface area contributed by atoms with Gasteiger partial charge in [-0.3, -0.25) is 9.59 Å². The third-order valence-electron chi connectivity index (χ3n) is 5.11. The molecule has 0 aliphatic heterocycles. The minimum absolute atomic E-state index is 0.00684. The topological polar surface area (TPSA) is 49.4 Å². The lowest BCUT2D eigenvalue weighted by atomic mass is 10.1. The molecule has 2 rings (SSSR count). The van der Waals surface area contributed by atoms with Crippen molar-refractivity contribution >= 4 is 35.2 Å². The Hall–Kier alpha value is -1.98. The number of hydrogen-bond acceptors (Lipinski definition) is 3. The van der Waals surface area contributed by atoms with Crippen LogP contribution in [-0.4, -0.2) is 41.6 Å². The summed E-state index contributed by atoms with van der Waals surface area (Å²) in [4.78, 5) is 27.7. The van der Waals surface area contributed by atoms with Crippen LogP contribution in [0.5, 0.6) is 0 Å². The van der Waals surface area contributed by atoms with E-state index in [9.17, 15) is 9.59 Å². The fourth-order valence-corrected chi connectivity index (χ4v) is 4.32. The molecule has 6 heteroatoms. The van der Waals surface area contributed by atoms with Gasteiger partial charge in [0.05, 0.1) is 5.75 Å². The molecule has 168 valence electrons. The smallest absolute Gasteiger partial charge is 0.242 e. The first-order valence-corrected chi connectivity index (χ1v) is 12.5. The van der Waals surface area contributed by atoms with E-state index >= 15 is 0 Å². The van der Waals surface area contributed by atoms with Crippen LogP contribution in [0.1, 0.15) is 44.2 Å². The number of rotatable bonds is 13. The molecule has 1 atom stereocenters. The monoisotopic (exact) mass is 460 g/mol. The lowest BCUT2D eigenvalue weighted by Crippen LogP contribution is -2.50. The summed E-state index contributed by atoms with van der Waals surface area (Å²) < 4.78 is 0. The molecule has 0 fully saturated rings. The van der Waals surface area contributed by atoms with E-state index in [0.717, 1.165) is 36.1 Å². The van der Waals surface area contributed by atoms with E-state index in [1.165, 1.54) is 0 Å². The van der Waals surface area contributed by atoms with Gasteiger partial charge in [-0.1, -0.05) is 74.3 Å². The SMILES string of the molecule is CCCCNC(=O)[C@H](CC)N(CCc1ccccc1)C(=O)CSCc1ccc(Cl)cc1. The molecule has 0 aliphatic rings. The van der Waals surface area contributed by atoms with Gasteiger partial charge in [-0.15, -0.1) is 11.8 Å². The number of benzene rings is 2. The van der Waals surface area contributed by atoms with E-state index in [4.69, 9.17) is 11.6 Å². The van der Waals surface area contributed by atoms with Gasteiger partial charge in [-0.25, -0.2) is 0 Å². The summed E-state index contributed by atoms with van der Waals surface area (Å²) >= 11 is 7.51. The van der Waals surface area contributed by atoms with Gasteiger partial charge in [-0.05, 0) is 42.5 Å². The average Bonchev–Trinajstić information content (AvgIpc) is 2.78. The zero-order valence-corrected chi connectivity index (χ0v) is 20.1. The Morgan fingerprint density at radius 3 is 2.39 bits per heavy atom. The Morgan fingerprint density at radius 2 is 1.74 bits per heavy atom. The van der Waals surface area contributed by atoms with E-state index in [1.54, 1.807) is 16.7 Å². The van der Waals surface area contributed by atoms with Crippen LogP contribution in [0.3, 0.4) is 0 Å². The molecular weight excluding hydrogens is 428 g/mol.